The molecule has 25 heavy (non-hydrogen) atoms. The van der Waals surface area contributed by atoms with Crippen LogP contribution < -0.4 is 10.6 Å². The Balaban J connectivity index is 1.82. The van der Waals surface area contributed by atoms with Gasteiger partial charge in [-0.3, -0.25) is 0 Å². The molecule has 3 N–H and O–H groups in total. The van der Waals surface area contributed by atoms with Crippen molar-refractivity contribution in [3.63, 3.8) is 0 Å². The van der Waals surface area contributed by atoms with Crippen molar-refractivity contribution in [1.82, 2.24) is 5.32 Å². The minimum atomic E-state index is -0.423. The van der Waals surface area contributed by atoms with Crippen LogP contribution in [0.3, 0.4) is 0 Å². The second-order valence-corrected chi connectivity index (χ2v) is 6.44. The lowest BCUT2D eigenvalue weighted by molar-refractivity contribution is -0.0357. The molecule has 0 spiro atoms. The molecule has 1 aliphatic heterocycles. The third-order valence-electron chi connectivity index (χ3n) is 4.86. The first-order valence-corrected chi connectivity index (χ1v) is 8.60. The highest BCUT2D eigenvalue weighted by atomic mass is 16.5. The second-order valence-electron chi connectivity index (χ2n) is 6.44. The van der Waals surface area contributed by atoms with E-state index in [1.54, 1.807) is 0 Å². The molecule has 0 saturated carbocycles. The van der Waals surface area contributed by atoms with Crippen molar-refractivity contribution in [2.45, 2.75) is 18.9 Å². The molecule has 1 heterocycles. The van der Waals surface area contributed by atoms with Gasteiger partial charge in [0.1, 0.15) is 0 Å². The molecule has 2 aromatic rings. The molecular weight excluding hydrogens is 316 g/mol. The molecule has 0 bridgehead atoms. The molecule has 132 valence electrons. The minimum Gasteiger partial charge on any atom is -0.396 e. The normalized spacial score (nSPS) is 17.5. The fourth-order valence-corrected chi connectivity index (χ4v) is 3.37. The molecule has 5 heteroatoms. The molecule has 0 radical (unpaired) electrons. The maximum Gasteiger partial charge on any atom is 0.319 e. The lowest BCUT2D eigenvalue weighted by Crippen LogP contribution is -2.47. The van der Waals surface area contributed by atoms with Crippen LogP contribution in [0, 0.1) is 5.41 Å². The van der Waals surface area contributed by atoms with Crippen molar-refractivity contribution in [3.8, 4) is 0 Å². The maximum absolute atomic E-state index is 12.6. The van der Waals surface area contributed by atoms with Gasteiger partial charge in [-0.1, -0.05) is 48.5 Å². The van der Waals surface area contributed by atoms with E-state index in [2.05, 4.69) is 10.6 Å². The van der Waals surface area contributed by atoms with Crippen LogP contribution in [-0.4, -0.2) is 31.0 Å². The number of anilines is 1. The fraction of sp³-hybridized carbons (Fsp3) is 0.350. The number of hydrogen-bond donors (Lipinski definition) is 3. The Hall–Kier alpha value is -2.37. The van der Waals surface area contributed by atoms with Gasteiger partial charge in [-0.05, 0) is 30.5 Å². The number of benzene rings is 2. The SMILES string of the molecule is O=C(Nc1ccccc1)NC(c1ccccc1)C1(CO)CCOCC1. The third kappa shape index (κ3) is 4.18. The highest BCUT2D eigenvalue weighted by Crippen LogP contribution is 2.42. The van der Waals surface area contributed by atoms with Crippen LogP contribution >= 0.6 is 0 Å². The van der Waals surface area contributed by atoms with Gasteiger partial charge in [0.15, 0.2) is 0 Å². The van der Waals surface area contributed by atoms with E-state index in [4.69, 9.17) is 4.74 Å². The Morgan fingerprint density at radius 2 is 1.64 bits per heavy atom. The molecule has 1 aliphatic rings. The van der Waals surface area contributed by atoms with Gasteiger partial charge >= 0.3 is 6.03 Å². The molecule has 1 atom stereocenters. The molecule has 3 rings (SSSR count). The minimum absolute atomic E-state index is 0.00153. The number of hydrogen-bond acceptors (Lipinski definition) is 3. The number of carbonyl (C=O) groups excluding carboxylic acids is 1. The molecule has 1 unspecified atom stereocenters. The fourth-order valence-electron chi connectivity index (χ4n) is 3.37. The number of ether oxygens (including phenoxy) is 1. The average molecular weight is 340 g/mol. The van der Waals surface area contributed by atoms with Crippen molar-refractivity contribution in [3.05, 3.63) is 66.2 Å². The van der Waals surface area contributed by atoms with Crippen molar-refractivity contribution in [2.75, 3.05) is 25.1 Å². The van der Waals surface area contributed by atoms with Gasteiger partial charge < -0.3 is 20.5 Å². The Morgan fingerprint density at radius 3 is 2.24 bits per heavy atom. The number of para-hydroxylation sites is 1. The van der Waals surface area contributed by atoms with Crippen LogP contribution in [0.2, 0.25) is 0 Å². The quantitative estimate of drug-likeness (QED) is 0.782. The Labute approximate surface area is 148 Å². The van der Waals surface area contributed by atoms with E-state index in [0.29, 0.717) is 26.1 Å². The number of carbonyl (C=O) groups is 1. The van der Waals surface area contributed by atoms with Gasteiger partial charge in [-0.15, -0.1) is 0 Å². The zero-order valence-electron chi connectivity index (χ0n) is 14.2. The third-order valence-corrected chi connectivity index (χ3v) is 4.86. The summed E-state index contributed by atoms with van der Waals surface area (Å²) in [5, 5.41) is 16.1. The molecule has 2 aromatic carbocycles. The standard InChI is InChI=1S/C20H24N2O3/c23-15-20(11-13-25-14-12-20)18(16-7-3-1-4-8-16)22-19(24)21-17-9-5-2-6-10-17/h1-10,18,23H,11-15H2,(H2,21,22,24). The van der Waals surface area contributed by atoms with Crippen molar-refractivity contribution >= 4 is 11.7 Å². The van der Waals surface area contributed by atoms with Gasteiger partial charge in [0, 0.05) is 24.3 Å². The van der Waals surface area contributed by atoms with Crippen LogP contribution in [-0.2, 0) is 4.74 Å². The molecule has 1 fully saturated rings. The predicted molar refractivity (Wildman–Crippen MR) is 97.4 cm³/mol. The highest BCUT2D eigenvalue weighted by Gasteiger charge is 2.41. The lowest BCUT2D eigenvalue weighted by atomic mass is 9.72. The first-order chi connectivity index (χ1) is 12.2. The summed E-state index contributed by atoms with van der Waals surface area (Å²) in [6, 6.07) is 18.6. The van der Waals surface area contributed by atoms with Gasteiger partial charge in [-0.2, -0.15) is 0 Å². The number of urea groups is 1. The van der Waals surface area contributed by atoms with Crippen molar-refractivity contribution < 1.29 is 14.6 Å². The van der Waals surface area contributed by atoms with Gasteiger partial charge in [0.05, 0.1) is 12.6 Å². The number of aliphatic hydroxyl groups excluding tert-OH is 1. The molecule has 1 saturated heterocycles. The van der Waals surface area contributed by atoms with Crippen LogP contribution in [0.25, 0.3) is 0 Å². The largest absolute Gasteiger partial charge is 0.396 e. The highest BCUT2D eigenvalue weighted by molar-refractivity contribution is 5.89. The topological polar surface area (TPSA) is 70.6 Å². The summed E-state index contributed by atoms with van der Waals surface area (Å²) in [5.41, 5.74) is 1.30. The Kier molecular flexibility index (Phi) is 5.68. The smallest absolute Gasteiger partial charge is 0.319 e. The Bertz CT molecular complexity index is 670. The molecule has 0 aromatic heterocycles. The van der Waals surface area contributed by atoms with Crippen LogP contribution in [0.15, 0.2) is 60.7 Å². The predicted octanol–water partition coefficient (Wildman–Crippen LogP) is 3.34. The Morgan fingerprint density at radius 1 is 1.04 bits per heavy atom. The van der Waals surface area contributed by atoms with Crippen molar-refractivity contribution in [2.24, 2.45) is 5.41 Å². The summed E-state index contributed by atoms with van der Waals surface area (Å²) in [4.78, 5) is 12.6. The second kappa shape index (κ2) is 8.14. The number of aliphatic hydroxyl groups is 1. The van der Waals surface area contributed by atoms with E-state index in [-0.39, 0.29) is 18.7 Å². The first-order valence-electron chi connectivity index (χ1n) is 8.60. The van der Waals surface area contributed by atoms with E-state index in [0.717, 1.165) is 11.3 Å². The van der Waals surface area contributed by atoms with E-state index in [1.807, 2.05) is 60.7 Å². The zero-order valence-corrected chi connectivity index (χ0v) is 14.2. The van der Waals surface area contributed by atoms with Gasteiger partial charge in [-0.25, -0.2) is 4.79 Å². The molecular formula is C20H24N2O3. The molecule has 5 nitrogen and oxygen atoms in total. The lowest BCUT2D eigenvalue weighted by Gasteiger charge is -2.42. The van der Waals surface area contributed by atoms with Crippen LogP contribution in [0.5, 0.6) is 0 Å². The van der Waals surface area contributed by atoms with Crippen LogP contribution in [0.1, 0.15) is 24.4 Å². The summed E-state index contributed by atoms with van der Waals surface area (Å²) < 4.78 is 5.47. The van der Waals surface area contributed by atoms with Gasteiger partial charge in [0.2, 0.25) is 0 Å². The van der Waals surface area contributed by atoms with Crippen LogP contribution in [0.4, 0.5) is 10.5 Å². The summed E-state index contributed by atoms with van der Waals surface area (Å²) >= 11 is 0. The number of rotatable bonds is 5. The van der Waals surface area contributed by atoms with Crippen molar-refractivity contribution in [1.29, 1.82) is 0 Å². The van der Waals surface area contributed by atoms with Gasteiger partial charge in [0.25, 0.3) is 0 Å². The van der Waals surface area contributed by atoms with E-state index >= 15 is 0 Å². The van der Waals surface area contributed by atoms with E-state index < -0.39 is 5.41 Å². The monoisotopic (exact) mass is 340 g/mol. The molecule has 2 amide bonds. The summed E-state index contributed by atoms with van der Waals surface area (Å²) in [6.07, 6.45) is 1.41. The molecule has 0 aliphatic carbocycles. The summed E-state index contributed by atoms with van der Waals surface area (Å²) in [7, 11) is 0. The van der Waals surface area contributed by atoms with E-state index in [9.17, 15) is 9.90 Å². The maximum atomic E-state index is 12.6. The summed E-state index contributed by atoms with van der Waals surface area (Å²) in [6.45, 7) is 1.18. The number of amides is 2. The average Bonchev–Trinajstić information content (AvgIpc) is 2.68. The first kappa shape index (κ1) is 17.5. The van der Waals surface area contributed by atoms with E-state index in [1.165, 1.54) is 0 Å². The zero-order chi connectivity index (χ0) is 17.5. The number of nitrogens with one attached hydrogen (secondary N) is 2. The summed E-state index contributed by atoms with van der Waals surface area (Å²) in [5.74, 6) is 0.